The van der Waals surface area contributed by atoms with Gasteiger partial charge in [0.15, 0.2) is 5.65 Å². The standard InChI is InChI=1S/C13H16ClN3/c1-13(6-2-3-7-13)17-11(9-14)16-10-5-4-8-15-12(10)17/h4-5,8H,2-3,6-7,9H2,1H3. The number of nitrogens with zero attached hydrogens (tertiary/aromatic N) is 3. The molecule has 0 saturated heterocycles. The Bertz CT molecular complexity index is 541. The van der Waals surface area contributed by atoms with E-state index in [4.69, 9.17) is 11.6 Å². The molecule has 0 spiro atoms. The van der Waals surface area contributed by atoms with Crippen LogP contribution < -0.4 is 0 Å². The molecule has 0 radical (unpaired) electrons. The largest absolute Gasteiger partial charge is 0.306 e. The minimum Gasteiger partial charge on any atom is -0.306 e. The molecule has 1 aliphatic carbocycles. The first kappa shape index (κ1) is 11.0. The minimum absolute atomic E-state index is 0.146. The van der Waals surface area contributed by atoms with E-state index in [-0.39, 0.29) is 5.54 Å². The zero-order valence-corrected chi connectivity index (χ0v) is 10.7. The number of rotatable bonds is 2. The normalized spacial score (nSPS) is 18.9. The van der Waals surface area contributed by atoms with Gasteiger partial charge in [-0.25, -0.2) is 9.97 Å². The fourth-order valence-electron chi connectivity index (χ4n) is 2.98. The number of pyridine rings is 1. The van der Waals surface area contributed by atoms with Crippen LogP contribution in [0, 0.1) is 0 Å². The highest BCUT2D eigenvalue weighted by Crippen LogP contribution is 2.39. The Morgan fingerprint density at radius 1 is 1.41 bits per heavy atom. The molecule has 0 amide bonds. The molecule has 90 valence electrons. The first-order valence-corrected chi connectivity index (χ1v) is 6.67. The van der Waals surface area contributed by atoms with Crippen molar-refractivity contribution < 1.29 is 0 Å². The van der Waals surface area contributed by atoms with E-state index in [1.807, 2.05) is 18.3 Å². The number of imidazole rings is 1. The molecule has 0 atom stereocenters. The molecule has 1 aliphatic rings. The first-order chi connectivity index (χ1) is 8.24. The van der Waals surface area contributed by atoms with Crippen molar-refractivity contribution in [3.8, 4) is 0 Å². The summed E-state index contributed by atoms with van der Waals surface area (Å²) in [4.78, 5) is 9.07. The molecule has 0 bridgehead atoms. The number of hydrogen-bond acceptors (Lipinski definition) is 2. The molecule has 17 heavy (non-hydrogen) atoms. The molecule has 0 aromatic carbocycles. The van der Waals surface area contributed by atoms with Crippen molar-refractivity contribution in [2.75, 3.05) is 0 Å². The Morgan fingerprint density at radius 2 is 2.18 bits per heavy atom. The van der Waals surface area contributed by atoms with Crippen molar-refractivity contribution in [3.63, 3.8) is 0 Å². The second kappa shape index (κ2) is 3.98. The quantitative estimate of drug-likeness (QED) is 0.763. The van der Waals surface area contributed by atoms with Crippen LogP contribution in [0.5, 0.6) is 0 Å². The van der Waals surface area contributed by atoms with Gasteiger partial charge in [0.25, 0.3) is 0 Å². The van der Waals surface area contributed by atoms with Crippen LogP contribution in [-0.2, 0) is 11.4 Å². The second-order valence-corrected chi connectivity index (χ2v) is 5.31. The van der Waals surface area contributed by atoms with Gasteiger partial charge in [-0.05, 0) is 31.9 Å². The fourth-order valence-corrected chi connectivity index (χ4v) is 3.16. The number of aromatic nitrogens is 3. The SMILES string of the molecule is CC1(n2c(CCl)nc3cccnc32)CCCC1. The van der Waals surface area contributed by atoms with Gasteiger partial charge in [0.2, 0.25) is 0 Å². The summed E-state index contributed by atoms with van der Waals surface area (Å²) < 4.78 is 2.27. The van der Waals surface area contributed by atoms with Crippen LogP contribution in [0.1, 0.15) is 38.4 Å². The molecule has 3 nitrogen and oxygen atoms in total. The maximum Gasteiger partial charge on any atom is 0.160 e. The number of fused-ring (bicyclic) bond motifs is 1. The summed E-state index contributed by atoms with van der Waals surface area (Å²) >= 11 is 6.03. The topological polar surface area (TPSA) is 30.7 Å². The summed E-state index contributed by atoms with van der Waals surface area (Å²) in [5.74, 6) is 1.40. The zero-order chi connectivity index (χ0) is 11.9. The van der Waals surface area contributed by atoms with Gasteiger partial charge in [-0.15, -0.1) is 11.6 Å². The highest BCUT2D eigenvalue weighted by atomic mass is 35.5. The van der Waals surface area contributed by atoms with Gasteiger partial charge in [0, 0.05) is 11.7 Å². The van der Waals surface area contributed by atoms with Gasteiger partial charge in [-0.2, -0.15) is 0 Å². The van der Waals surface area contributed by atoms with E-state index in [9.17, 15) is 0 Å². The molecular weight excluding hydrogens is 234 g/mol. The van der Waals surface area contributed by atoms with E-state index >= 15 is 0 Å². The lowest BCUT2D eigenvalue weighted by Crippen LogP contribution is -2.28. The van der Waals surface area contributed by atoms with Crippen LogP contribution in [0.15, 0.2) is 18.3 Å². The van der Waals surface area contributed by atoms with Crippen molar-refractivity contribution >= 4 is 22.8 Å². The maximum atomic E-state index is 6.03. The highest BCUT2D eigenvalue weighted by Gasteiger charge is 2.34. The molecular formula is C13H16ClN3. The molecule has 4 heteroatoms. The van der Waals surface area contributed by atoms with Gasteiger partial charge in [-0.1, -0.05) is 12.8 Å². The van der Waals surface area contributed by atoms with E-state index in [0.717, 1.165) is 17.0 Å². The van der Waals surface area contributed by atoms with Crippen LogP contribution >= 0.6 is 11.6 Å². The third-order valence-corrected chi connectivity index (χ3v) is 4.06. The summed E-state index contributed by atoms with van der Waals surface area (Å²) in [6.07, 6.45) is 6.78. The molecule has 0 aliphatic heterocycles. The molecule has 2 aromatic rings. The molecule has 3 rings (SSSR count). The van der Waals surface area contributed by atoms with Crippen LogP contribution in [0.4, 0.5) is 0 Å². The summed E-state index contributed by atoms with van der Waals surface area (Å²) in [6.45, 7) is 2.30. The van der Waals surface area contributed by atoms with Gasteiger partial charge < -0.3 is 4.57 Å². The average molecular weight is 250 g/mol. The van der Waals surface area contributed by atoms with Gasteiger partial charge in [-0.3, -0.25) is 0 Å². The fraction of sp³-hybridized carbons (Fsp3) is 0.538. The summed E-state index contributed by atoms with van der Waals surface area (Å²) in [5, 5.41) is 0. The van der Waals surface area contributed by atoms with Crippen molar-refractivity contribution in [2.45, 2.75) is 44.0 Å². The minimum atomic E-state index is 0.146. The van der Waals surface area contributed by atoms with Crippen molar-refractivity contribution in [3.05, 3.63) is 24.2 Å². The van der Waals surface area contributed by atoms with E-state index in [1.54, 1.807) is 0 Å². The smallest absolute Gasteiger partial charge is 0.160 e. The first-order valence-electron chi connectivity index (χ1n) is 6.13. The van der Waals surface area contributed by atoms with Crippen LogP contribution in [0.25, 0.3) is 11.2 Å². The van der Waals surface area contributed by atoms with E-state index < -0.39 is 0 Å². The Kier molecular flexibility index (Phi) is 2.58. The molecule has 0 unspecified atom stereocenters. The second-order valence-electron chi connectivity index (χ2n) is 5.05. The Morgan fingerprint density at radius 3 is 2.88 bits per heavy atom. The zero-order valence-electron chi connectivity index (χ0n) is 9.99. The Hall–Kier alpha value is -1.09. The lowest BCUT2D eigenvalue weighted by molar-refractivity contribution is 0.329. The lowest BCUT2D eigenvalue weighted by Gasteiger charge is -2.27. The third kappa shape index (κ3) is 1.64. The Labute approximate surface area is 106 Å². The molecule has 2 aromatic heterocycles. The maximum absolute atomic E-state index is 6.03. The monoisotopic (exact) mass is 249 g/mol. The highest BCUT2D eigenvalue weighted by molar-refractivity contribution is 6.16. The van der Waals surface area contributed by atoms with Crippen molar-refractivity contribution in [1.29, 1.82) is 0 Å². The summed E-state index contributed by atoms with van der Waals surface area (Å²) in [6, 6.07) is 3.93. The van der Waals surface area contributed by atoms with E-state index in [1.165, 1.54) is 25.7 Å². The van der Waals surface area contributed by atoms with E-state index in [0.29, 0.717) is 5.88 Å². The molecule has 1 fully saturated rings. The van der Waals surface area contributed by atoms with E-state index in [2.05, 4.69) is 21.5 Å². The van der Waals surface area contributed by atoms with Crippen LogP contribution in [-0.4, -0.2) is 14.5 Å². The summed E-state index contributed by atoms with van der Waals surface area (Å²) in [5.41, 5.74) is 2.08. The molecule has 2 heterocycles. The molecule has 1 saturated carbocycles. The lowest BCUT2D eigenvalue weighted by atomic mass is 10.00. The number of halogens is 1. The van der Waals surface area contributed by atoms with Gasteiger partial charge in [0.05, 0.1) is 5.88 Å². The van der Waals surface area contributed by atoms with Gasteiger partial charge >= 0.3 is 0 Å². The Balaban J connectivity index is 2.25. The number of hydrogen-bond donors (Lipinski definition) is 0. The van der Waals surface area contributed by atoms with Crippen molar-refractivity contribution in [1.82, 2.24) is 14.5 Å². The predicted octanol–water partition coefficient (Wildman–Crippen LogP) is 3.46. The average Bonchev–Trinajstić information content (AvgIpc) is 2.92. The third-order valence-electron chi connectivity index (χ3n) is 3.83. The van der Waals surface area contributed by atoms with Crippen LogP contribution in [0.2, 0.25) is 0 Å². The molecule has 0 N–H and O–H groups in total. The van der Waals surface area contributed by atoms with Crippen molar-refractivity contribution in [2.24, 2.45) is 0 Å². The van der Waals surface area contributed by atoms with Gasteiger partial charge in [0.1, 0.15) is 11.3 Å². The van der Waals surface area contributed by atoms with Crippen LogP contribution in [0.3, 0.4) is 0 Å². The summed E-state index contributed by atoms with van der Waals surface area (Å²) in [7, 11) is 0. The predicted molar refractivity (Wildman–Crippen MR) is 69.2 cm³/mol. The number of alkyl halides is 1.